The molecule has 0 unspecified atom stereocenters. The molecule has 0 aliphatic heterocycles. The maximum absolute atomic E-state index is 11.8. The van der Waals surface area contributed by atoms with E-state index in [1.807, 2.05) is 48.2 Å². The average molecular weight is 315 g/mol. The summed E-state index contributed by atoms with van der Waals surface area (Å²) in [7, 11) is 3.52. The smallest absolute Gasteiger partial charge is 0.253 e. The summed E-state index contributed by atoms with van der Waals surface area (Å²) in [6.07, 6.45) is 0. The monoisotopic (exact) mass is 315 g/mol. The van der Waals surface area contributed by atoms with E-state index in [1.165, 1.54) is 11.1 Å². The van der Waals surface area contributed by atoms with Crippen LogP contribution in [0.25, 0.3) is 0 Å². The normalized spacial score (nSPS) is 10.5. The Labute approximate surface area is 136 Å². The van der Waals surface area contributed by atoms with Crippen molar-refractivity contribution in [3.05, 3.63) is 70.8 Å². The van der Waals surface area contributed by atoms with Gasteiger partial charge in [0.25, 0.3) is 5.91 Å². The van der Waals surface area contributed by atoms with Gasteiger partial charge in [-0.2, -0.15) is 11.8 Å². The summed E-state index contributed by atoms with van der Waals surface area (Å²) in [6.45, 7) is 0.0887. The van der Waals surface area contributed by atoms with E-state index < -0.39 is 0 Å². The van der Waals surface area contributed by atoms with Crippen LogP contribution in [0.2, 0.25) is 0 Å². The SMILES string of the molecule is CN(C)C(=O)c1ccc(CSCc2ccc(CO)cc2)cc1. The zero-order valence-electron chi connectivity index (χ0n) is 13.0. The molecular formula is C18H21NO2S. The van der Waals surface area contributed by atoms with Gasteiger partial charge >= 0.3 is 0 Å². The lowest BCUT2D eigenvalue weighted by molar-refractivity contribution is 0.0827. The molecule has 3 nitrogen and oxygen atoms in total. The highest BCUT2D eigenvalue weighted by molar-refractivity contribution is 7.97. The fourth-order valence-corrected chi connectivity index (χ4v) is 2.99. The fourth-order valence-electron chi connectivity index (χ4n) is 2.03. The first-order valence-electron chi connectivity index (χ1n) is 7.17. The predicted molar refractivity (Wildman–Crippen MR) is 91.8 cm³/mol. The van der Waals surface area contributed by atoms with Gasteiger partial charge in [-0.25, -0.2) is 0 Å². The first-order valence-corrected chi connectivity index (χ1v) is 8.32. The van der Waals surface area contributed by atoms with Crippen molar-refractivity contribution in [1.29, 1.82) is 0 Å². The molecule has 0 heterocycles. The number of thioether (sulfide) groups is 1. The minimum absolute atomic E-state index is 0.0307. The van der Waals surface area contributed by atoms with Crippen molar-refractivity contribution in [2.45, 2.75) is 18.1 Å². The van der Waals surface area contributed by atoms with Crippen LogP contribution in [0, 0.1) is 0 Å². The van der Waals surface area contributed by atoms with E-state index in [1.54, 1.807) is 19.0 Å². The van der Waals surface area contributed by atoms with Crippen LogP contribution in [0.3, 0.4) is 0 Å². The zero-order chi connectivity index (χ0) is 15.9. The lowest BCUT2D eigenvalue weighted by Gasteiger charge is -2.10. The maximum atomic E-state index is 11.8. The molecule has 2 aromatic rings. The molecule has 0 bridgehead atoms. The van der Waals surface area contributed by atoms with E-state index in [9.17, 15) is 4.79 Å². The Morgan fingerprint density at radius 1 is 0.909 bits per heavy atom. The molecular weight excluding hydrogens is 294 g/mol. The Morgan fingerprint density at radius 2 is 1.36 bits per heavy atom. The van der Waals surface area contributed by atoms with Gasteiger partial charge in [-0.15, -0.1) is 0 Å². The van der Waals surface area contributed by atoms with Crippen LogP contribution in [0.15, 0.2) is 48.5 Å². The topological polar surface area (TPSA) is 40.5 Å². The number of benzene rings is 2. The third kappa shape index (κ3) is 4.61. The molecule has 116 valence electrons. The van der Waals surface area contributed by atoms with Gasteiger partial charge in [0.2, 0.25) is 0 Å². The van der Waals surface area contributed by atoms with Gasteiger partial charge in [0.05, 0.1) is 6.61 Å². The number of aliphatic hydroxyl groups excluding tert-OH is 1. The van der Waals surface area contributed by atoms with E-state index >= 15 is 0 Å². The molecule has 1 N–H and O–H groups in total. The van der Waals surface area contributed by atoms with Crippen molar-refractivity contribution in [3.8, 4) is 0 Å². The first-order chi connectivity index (χ1) is 10.6. The van der Waals surface area contributed by atoms with Gasteiger partial charge in [-0.1, -0.05) is 36.4 Å². The molecule has 0 aromatic heterocycles. The van der Waals surface area contributed by atoms with Crippen molar-refractivity contribution in [3.63, 3.8) is 0 Å². The van der Waals surface area contributed by atoms with Crippen LogP contribution >= 0.6 is 11.8 Å². The molecule has 4 heteroatoms. The van der Waals surface area contributed by atoms with Crippen molar-refractivity contribution >= 4 is 17.7 Å². The lowest BCUT2D eigenvalue weighted by Crippen LogP contribution is -2.21. The summed E-state index contributed by atoms with van der Waals surface area (Å²) in [5.74, 6) is 1.88. The van der Waals surface area contributed by atoms with Gasteiger partial charge in [-0.05, 0) is 28.8 Å². The molecule has 0 spiro atoms. The van der Waals surface area contributed by atoms with Crippen LogP contribution in [0.4, 0.5) is 0 Å². The molecule has 2 rings (SSSR count). The number of hydrogen-bond donors (Lipinski definition) is 1. The summed E-state index contributed by atoms with van der Waals surface area (Å²) in [4.78, 5) is 13.4. The highest BCUT2D eigenvalue weighted by Crippen LogP contribution is 2.19. The Bertz CT molecular complexity index is 606. The number of hydrogen-bond acceptors (Lipinski definition) is 3. The Kier molecular flexibility index (Phi) is 6.04. The number of aliphatic hydroxyl groups is 1. The fraction of sp³-hybridized carbons (Fsp3) is 0.278. The number of rotatable bonds is 6. The quantitative estimate of drug-likeness (QED) is 0.889. The van der Waals surface area contributed by atoms with E-state index in [-0.39, 0.29) is 12.5 Å². The molecule has 0 radical (unpaired) electrons. The third-order valence-corrected chi connectivity index (χ3v) is 4.42. The first kappa shape index (κ1) is 16.6. The standard InChI is InChI=1S/C18H21NO2S/c1-19(2)18(21)17-9-7-16(8-10-17)13-22-12-15-5-3-14(11-20)4-6-15/h3-10,20H,11-13H2,1-2H3. The largest absolute Gasteiger partial charge is 0.392 e. The number of carbonyl (C=O) groups is 1. The lowest BCUT2D eigenvalue weighted by atomic mass is 10.1. The van der Waals surface area contributed by atoms with Gasteiger partial charge in [0.1, 0.15) is 0 Å². The van der Waals surface area contributed by atoms with Crippen LogP contribution in [-0.4, -0.2) is 30.0 Å². The molecule has 1 amide bonds. The van der Waals surface area contributed by atoms with E-state index in [2.05, 4.69) is 12.1 Å². The maximum Gasteiger partial charge on any atom is 0.253 e. The van der Waals surface area contributed by atoms with Crippen LogP contribution in [-0.2, 0) is 18.1 Å². The van der Waals surface area contributed by atoms with Crippen molar-refractivity contribution < 1.29 is 9.90 Å². The number of nitrogens with zero attached hydrogens (tertiary/aromatic N) is 1. The second-order valence-corrected chi connectivity index (χ2v) is 6.35. The minimum Gasteiger partial charge on any atom is -0.392 e. The van der Waals surface area contributed by atoms with Gasteiger partial charge < -0.3 is 10.0 Å². The molecule has 0 aliphatic carbocycles. The predicted octanol–water partition coefficient (Wildman–Crippen LogP) is 3.31. The molecule has 0 atom stereocenters. The Balaban J connectivity index is 1.85. The van der Waals surface area contributed by atoms with Gasteiger partial charge in [0, 0.05) is 31.2 Å². The van der Waals surface area contributed by atoms with Gasteiger partial charge in [-0.3, -0.25) is 4.79 Å². The van der Waals surface area contributed by atoms with E-state index in [0.29, 0.717) is 0 Å². The van der Waals surface area contributed by atoms with E-state index in [4.69, 9.17) is 5.11 Å². The van der Waals surface area contributed by atoms with E-state index in [0.717, 1.165) is 22.6 Å². The minimum atomic E-state index is 0.0307. The average Bonchev–Trinajstić information content (AvgIpc) is 2.55. The van der Waals surface area contributed by atoms with Crippen LogP contribution < -0.4 is 0 Å². The second-order valence-electron chi connectivity index (χ2n) is 5.36. The van der Waals surface area contributed by atoms with Crippen molar-refractivity contribution in [2.24, 2.45) is 0 Å². The summed E-state index contributed by atoms with van der Waals surface area (Å²) in [6, 6.07) is 15.8. The van der Waals surface area contributed by atoms with Crippen LogP contribution in [0.5, 0.6) is 0 Å². The molecule has 0 aliphatic rings. The number of amides is 1. The van der Waals surface area contributed by atoms with Crippen molar-refractivity contribution in [1.82, 2.24) is 4.90 Å². The summed E-state index contributed by atoms with van der Waals surface area (Å²) >= 11 is 1.84. The summed E-state index contributed by atoms with van der Waals surface area (Å²) in [5, 5.41) is 9.02. The third-order valence-electron chi connectivity index (χ3n) is 3.35. The Morgan fingerprint density at radius 3 is 1.82 bits per heavy atom. The molecule has 22 heavy (non-hydrogen) atoms. The van der Waals surface area contributed by atoms with Crippen LogP contribution in [0.1, 0.15) is 27.0 Å². The Hall–Kier alpha value is -1.78. The highest BCUT2D eigenvalue weighted by atomic mass is 32.2. The molecule has 0 saturated heterocycles. The highest BCUT2D eigenvalue weighted by Gasteiger charge is 2.07. The summed E-state index contributed by atoms with van der Waals surface area (Å²) in [5.41, 5.74) is 4.13. The second kappa shape index (κ2) is 8.01. The molecule has 0 fully saturated rings. The van der Waals surface area contributed by atoms with Gasteiger partial charge in [0.15, 0.2) is 0 Å². The number of carbonyl (C=O) groups excluding carboxylic acids is 1. The molecule has 0 saturated carbocycles. The van der Waals surface area contributed by atoms with Crippen molar-refractivity contribution in [2.75, 3.05) is 14.1 Å². The zero-order valence-corrected chi connectivity index (χ0v) is 13.8. The molecule has 2 aromatic carbocycles. The summed E-state index contributed by atoms with van der Waals surface area (Å²) < 4.78 is 0.